The van der Waals surface area contributed by atoms with Crippen LogP contribution in [-0.4, -0.2) is 43.8 Å². The zero-order valence-corrected chi connectivity index (χ0v) is 14.2. The lowest BCUT2D eigenvalue weighted by Crippen LogP contribution is -2.35. The maximum absolute atomic E-state index is 12.4. The summed E-state index contributed by atoms with van der Waals surface area (Å²) in [7, 11) is 0. The molecule has 0 radical (unpaired) electrons. The normalized spacial score (nSPS) is 12.0. The third-order valence-corrected chi connectivity index (χ3v) is 3.76. The third-order valence-electron chi connectivity index (χ3n) is 3.51. The van der Waals surface area contributed by atoms with E-state index in [1.54, 1.807) is 37.5 Å². The van der Waals surface area contributed by atoms with E-state index in [1.807, 2.05) is 12.1 Å². The number of rotatable bonds is 5. The standard InChI is InChI=1S/C17H16ClN5O2/c1-10(9-24)21-17(25)15-6-14(11-2-4-13(18)5-3-11)22-16(23-15)12-7-19-20-8-12/h2-8,10,24H,9H2,1H3,(H,19,20)(H,21,25). The minimum atomic E-state index is -0.385. The minimum Gasteiger partial charge on any atom is -0.394 e. The molecule has 128 valence electrons. The summed E-state index contributed by atoms with van der Waals surface area (Å²) in [6.07, 6.45) is 3.23. The Morgan fingerprint density at radius 2 is 2.04 bits per heavy atom. The fraction of sp³-hybridized carbons (Fsp3) is 0.176. The molecule has 0 spiro atoms. The zero-order chi connectivity index (χ0) is 17.8. The minimum absolute atomic E-state index is 0.157. The van der Waals surface area contributed by atoms with Gasteiger partial charge in [-0.05, 0) is 25.1 Å². The van der Waals surface area contributed by atoms with Gasteiger partial charge in [0.2, 0.25) is 0 Å². The Hall–Kier alpha value is -2.77. The molecule has 0 aliphatic heterocycles. The highest BCUT2D eigenvalue weighted by Crippen LogP contribution is 2.23. The Balaban J connectivity index is 2.05. The number of aromatic amines is 1. The first-order valence-electron chi connectivity index (χ1n) is 7.62. The summed E-state index contributed by atoms with van der Waals surface area (Å²) in [4.78, 5) is 21.2. The fourth-order valence-electron chi connectivity index (χ4n) is 2.18. The number of nitrogens with one attached hydrogen (secondary N) is 2. The average Bonchev–Trinajstić information content (AvgIpc) is 3.16. The predicted molar refractivity (Wildman–Crippen MR) is 94.1 cm³/mol. The zero-order valence-electron chi connectivity index (χ0n) is 13.4. The molecule has 3 N–H and O–H groups in total. The quantitative estimate of drug-likeness (QED) is 0.650. The molecule has 1 unspecified atom stereocenters. The van der Waals surface area contributed by atoms with Gasteiger partial charge in [-0.1, -0.05) is 23.7 Å². The summed E-state index contributed by atoms with van der Waals surface area (Å²) < 4.78 is 0. The van der Waals surface area contributed by atoms with Crippen molar-refractivity contribution in [1.29, 1.82) is 0 Å². The van der Waals surface area contributed by atoms with Crippen molar-refractivity contribution in [2.24, 2.45) is 0 Å². The predicted octanol–water partition coefficient (Wildman–Crippen LogP) is 2.30. The Bertz CT molecular complexity index is 865. The van der Waals surface area contributed by atoms with Gasteiger partial charge in [0.05, 0.1) is 24.1 Å². The molecule has 1 aromatic carbocycles. The van der Waals surface area contributed by atoms with Crippen molar-refractivity contribution in [3.05, 3.63) is 53.4 Å². The largest absolute Gasteiger partial charge is 0.394 e. The highest BCUT2D eigenvalue weighted by molar-refractivity contribution is 6.30. The van der Waals surface area contributed by atoms with E-state index in [2.05, 4.69) is 25.5 Å². The van der Waals surface area contributed by atoms with Crippen molar-refractivity contribution >= 4 is 17.5 Å². The SMILES string of the molecule is CC(CO)NC(=O)c1cc(-c2ccc(Cl)cc2)nc(-c2cn[nH]c2)n1. The number of benzene rings is 1. The molecule has 7 nitrogen and oxygen atoms in total. The van der Waals surface area contributed by atoms with Crippen LogP contribution in [0, 0.1) is 0 Å². The molecule has 0 aliphatic rings. The number of aliphatic hydroxyl groups excluding tert-OH is 1. The van der Waals surface area contributed by atoms with Crippen LogP contribution in [0.5, 0.6) is 0 Å². The average molecular weight is 358 g/mol. The van der Waals surface area contributed by atoms with Gasteiger partial charge < -0.3 is 10.4 Å². The molecular weight excluding hydrogens is 342 g/mol. The molecule has 0 bridgehead atoms. The van der Waals surface area contributed by atoms with Crippen LogP contribution in [0.15, 0.2) is 42.7 Å². The van der Waals surface area contributed by atoms with Crippen LogP contribution in [0.1, 0.15) is 17.4 Å². The molecule has 2 heterocycles. The van der Waals surface area contributed by atoms with Crippen molar-refractivity contribution in [3.8, 4) is 22.6 Å². The second kappa shape index (κ2) is 7.42. The van der Waals surface area contributed by atoms with Crippen LogP contribution < -0.4 is 5.32 Å². The van der Waals surface area contributed by atoms with Gasteiger partial charge in [0.25, 0.3) is 5.91 Å². The lowest BCUT2D eigenvalue weighted by Gasteiger charge is -2.12. The van der Waals surface area contributed by atoms with E-state index in [1.165, 1.54) is 0 Å². The molecule has 1 atom stereocenters. The number of halogens is 1. The Labute approximate surface area is 149 Å². The summed E-state index contributed by atoms with van der Waals surface area (Å²) in [5, 5.41) is 19.0. The van der Waals surface area contributed by atoms with E-state index in [0.717, 1.165) is 5.56 Å². The van der Waals surface area contributed by atoms with E-state index >= 15 is 0 Å². The second-order valence-electron chi connectivity index (χ2n) is 5.51. The summed E-state index contributed by atoms with van der Waals surface area (Å²) in [6.45, 7) is 1.55. The first kappa shape index (κ1) is 17.1. The van der Waals surface area contributed by atoms with Crippen molar-refractivity contribution in [2.75, 3.05) is 6.61 Å². The molecule has 0 saturated heterocycles. The molecule has 3 aromatic rings. The first-order valence-corrected chi connectivity index (χ1v) is 8.00. The maximum atomic E-state index is 12.4. The van der Waals surface area contributed by atoms with Gasteiger partial charge in [-0.25, -0.2) is 9.97 Å². The molecule has 8 heteroatoms. The van der Waals surface area contributed by atoms with Crippen molar-refractivity contribution < 1.29 is 9.90 Å². The van der Waals surface area contributed by atoms with Crippen molar-refractivity contribution in [2.45, 2.75) is 13.0 Å². The number of hydrogen-bond acceptors (Lipinski definition) is 5. The molecular formula is C17H16ClN5O2. The van der Waals surface area contributed by atoms with Gasteiger partial charge in [0.15, 0.2) is 5.82 Å². The number of carbonyl (C=O) groups excluding carboxylic acids is 1. The van der Waals surface area contributed by atoms with E-state index in [4.69, 9.17) is 16.7 Å². The maximum Gasteiger partial charge on any atom is 0.270 e. The lowest BCUT2D eigenvalue weighted by atomic mass is 10.1. The van der Waals surface area contributed by atoms with Crippen LogP contribution in [0.25, 0.3) is 22.6 Å². The van der Waals surface area contributed by atoms with Crippen molar-refractivity contribution in [3.63, 3.8) is 0 Å². The summed E-state index contributed by atoms with van der Waals surface area (Å²) in [5.74, 6) is -0.00749. The van der Waals surface area contributed by atoms with Crippen LogP contribution in [0.4, 0.5) is 0 Å². The van der Waals surface area contributed by atoms with Gasteiger partial charge in [-0.2, -0.15) is 5.10 Å². The van der Waals surface area contributed by atoms with Crippen LogP contribution in [0.2, 0.25) is 5.02 Å². The van der Waals surface area contributed by atoms with E-state index in [0.29, 0.717) is 22.1 Å². The van der Waals surface area contributed by atoms with E-state index in [-0.39, 0.29) is 24.2 Å². The molecule has 0 saturated carbocycles. The number of hydrogen-bond donors (Lipinski definition) is 3. The number of aliphatic hydroxyl groups is 1. The summed E-state index contributed by atoms with van der Waals surface area (Å²) in [6, 6.07) is 8.38. The molecule has 0 fully saturated rings. The number of nitrogens with zero attached hydrogens (tertiary/aromatic N) is 3. The highest BCUT2D eigenvalue weighted by Gasteiger charge is 2.16. The van der Waals surface area contributed by atoms with E-state index in [9.17, 15) is 4.79 Å². The molecule has 25 heavy (non-hydrogen) atoms. The molecule has 1 amide bonds. The monoisotopic (exact) mass is 357 g/mol. The number of H-pyrrole nitrogens is 1. The summed E-state index contributed by atoms with van der Waals surface area (Å²) >= 11 is 5.93. The third kappa shape index (κ3) is 4.01. The molecule has 3 rings (SSSR count). The number of amides is 1. The number of carbonyl (C=O) groups is 1. The van der Waals surface area contributed by atoms with Gasteiger partial charge in [0, 0.05) is 22.8 Å². The lowest BCUT2D eigenvalue weighted by molar-refractivity contribution is 0.0917. The van der Waals surface area contributed by atoms with Gasteiger partial charge in [-0.15, -0.1) is 0 Å². The topological polar surface area (TPSA) is 104 Å². The van der Waals surface area contributed by atoms with Gasteiger partial charge >= 0.3 is 0 Å². The van der Waals surface area contributed by atoms with Crippen LogP contribution in [-0.2, 0) is 0 Å². The molecule has 0 aliphatic carbocycles. The van der Waals surface area contributed by atoms with E-state index < -0.39 is 0 Å². The Morgan fingerprint density at radius 3 is 2.68 bits per heavy atom. The molecule has 2 aromatic heterocycles. The van der Waals surface area contributed by atoms with Crippen LogP contribution >= 0.6 is 11.6 Å². The first-order chi connectivity index (χ1) is 12.1. The van der Waals surface area contributed by atoms with Crippen molar-refractivity contribution in [1.82, 2.24) is 25.5 Å². The second-order valence-corrected chi connectivity index (χ2v) is 5.95. The smallest absolute Gasteiger partial charge is 0.270 e. The van der Waals surface area contributed by atoms with Crippen LogP contribution in [0.3, 0.4) is 0 Å². The van der Waals surface area contributed by atoms with Gasteiger partial charge in [-0.3, -0.25) is 9.89 Å². The highest BCUT2D eigenvalue weighted by atomic mass is 35.5. The Kier molecular flexibility index (Phi) is 5.06. The van der Waals surface area contributed by atoms with Gasteiger partial charge in [0.1, 0.15) is 5.69 Å². The number of aromatic nitrogens is 4. The fourth-order valence-corrected chi connectivity index (χ4v) is 2.30. The summed E-state index contributed by atoms with van der Waals surface area (Å²) in [5.41, 5.74) is 2.27. The Morgan fingerprint density at radius 1 is 1.28 bits per heavy atom.